The van der Waals surface area contributed by atoms with Gasteiger partial charge in [-0.3, -0.25) is 19.5 Å². The van der Waals surface area contributed by atoms with E-state index in [0.29, 0.717) is 51.4 Å². The van der Waals surface area contributed by atoms with Gasteiger partial charge in [-0.15, -0.1) is 0 Å². The number of aromatic amines is 2. The van der Waals surface area contributed by atoms with Crippen molar-refractivity contribution >= 4 is 34.8 Å². The second-order valence-electron chi connectivity index (χ2n) is 6.06. The lowest BCUT2D eigenvalue weighted by Crippen LogP contribution is -2.36. The highest BCUT2D eigenvalue weighted by molar-refractivity contribution is 7.71. The van der Waals surface area contributed by atoms with E-state index in [-0.39, 0.29) is 11.0 Å². The first-order chi connectivity index (χ1) is 12.0. The van der Waals surface area contributed by atoms with Crippen LogP contribution in [0.2, 0.25) is 5.02 Å². The quantitative estimate of drug-likeness (QED) is 0.673. The first-order valence-electron chi connectivity index (χ1n) is 7.78. The molecule has 0 fully saturated rings. The van der Waals surface area contributed by atoms with E-state index in [1.807, 2.05) is 4.90 Å². The van der Waals surface area contributed by atoms with Crippen LogP contribution in [0, 0.1) is 4.77 Å². The number of hydrogen-bond donors (Lipinski definition) is 2. The maximum atomic E-state index is 12.7. The molecule has 0 atom stereocenters. The van der Waals surface area contributed by atoms with Crippen molar-refractivity contribution < 1.29 is 4.42 Å². The zero-order valence-electron chi connectivity index (χ0n) is 13.1. The SMILES string of the molecule is O=c1[nH]c(=S)[nH]c2c1CN(Cc1coc3ccc(Cl)cc3c1=O)CC2. The van der Waals surface area contributed by atoms with Crippen LogP contribution in [0.5, 0.6) is 0 Å². The number of H-pyrrole nitrogens is 2. The highest BCUT2D eigenvalue weighted by Crippen LogP contribution is 2.19. The third-order valence-corrected chi connectivity index (χ3v) is 4.83. The summed E-state index contributed by atoms with van der Waals surface area (Å²) in [7, 11) is 0. The van der Waals surface area contributed by atoms with E-state index >= 15 is 0 Å². The second kappa shape index (κ2) is 6.25. The van der Waals surface area contributed by atoms with E-state index in [1.54, 1.807) is 18.2 Å². The Kier molecular flexibility index (Phi) is 4.07. The smallest absolute Gasteiger partial charge is 0.256 e. The summed E-state index contributed by atoms with van der Waals surface area (Å²) >= 11 is 11.0. The Labute approximate surface area is 152 Å². The summed E-state index contributed by atoms with van der Waals surface area (Å²) in [5.41, 5.74) is 2.29. The van der Waals surface area contributed by atoms with Crippen LogP contribution < -0.4 is 11.0 Å². The van der Waals surface area contributed by atoms with Gasteiger partial charge in [-0.25, -0.2) is 0 Å². The molecule has 1 aromatic carbocycles. The maximum Gasteiger partial charge on any atom is 0.256 e. The number of rotatable bonds is 2. The fraction of sp³-hybridized carbons (Fsp3) is 0.235. The summed E-state index contributed by atoms with van der Waals surface area (Å²) in [6.45, 7) is 1.57. The third-order valence-electron chi connectivity index (χ3n) is 4.39. The molecule has 128 valence electrons. The predicted molar refractivity (Wildman–Crippen MR) is 97.6 cm³/mol. The minimum atomic E-state index is -0.180. The van der Waals surface area contributed by atoms with Crippen LogP contribution in [0.25, 0.3) is 11.0 Å². The fourth-order valence-corrected chi connectivity index (χ4v) is 3.53. The lowest BCUT2D eigenvalue weighted by Gasteiger charge is -2.27. The minimum absolute atomic E-state index is 0.101. The summed E-state index contributed by atoms with van der Waals surface area (Å²) in [5, 5.41) is 0.954. The first kappa shape index (κ1) is 16.3. The van der Waals surface area contributed by atoms with E-state index in [1.165, 1.54) is 6.26 Å². The molecule has 0 saturated carbocycles. The standard InChI is InChI=1S/C17H14ClN3O3S/c18-10-1-2-14-11(5-10)15(22)9(8-24-14)6-21-4-3-13-12(7-21)16(23)20-17(25)19-13/h1-2,5,8H,3-4,6-7H2,(H2,19,20,23,25). The van der Waals surface area contributed by atoms with Crippen molar-refractivity contribution in [1.29, 1.82) is 0 Å². The van der Waals surface area contributed by atoms with Crippen molar-refractivity contribution in [2.45, 2.75) is 19.5 Å². The summed E-state index contributed by atoms with van der Waals surface area (Å²) in [6.07, 6.45) is 2.16. The van der Waals surface area contributed by atoms with Gasteiger partial charge in [0.15, 0.2) is 10.2 Å². The number of hydrogen-bond acceptors (Lipinski definition) is 5. The molecule has 0 unspecified atom stereocenters. The van der Waals surface area contributed by atoms with Gasteiger partial charge in [-0.1, -0.05) is 11.6 Å². The van der Waals surface area contributed by atoms with Crippen LogP contribution in [0.1, 0.15) is 16.8 Å². The largest absolute Gasteiger partial charge is 0.464 e. The molecule has 6 nitrogen and oxygen atoms in total. The van der Waals surface area contributed by atoms with E-state index in [2.05, 4.69) is 9.97 Å². The molecule has 0 saturated heterocycles. The van der Waals surface area contributed by atoms with E-state index in [4.69, 9.17) is 28.2 Å². The van der Waals surface area contributed by atoms with Gasteiger partial charge in [0.25, 0.3) is 5.56 Å². The lowest BCUT2D eigenvalue weighted by molar-refractivity contribution is 0.239. The Morgan fingerprint density at radius 3 is 2.96 bits per heavy atom. The molecule has 2 aromatic heterocycles. The van der Waals surface area contributed by atoms with Gasteiger partial charge < -0.3 is 9.40 Å². The summed E-state index contributed by atoms with van der Waals surface area (Å²) in [5.74, 6) is 0. The number of nitrogens with one attached hydrogen (secondary N) is 2. The van der Waals surface area contributed by atoms with Crippen LogP contribution in [0.3, 0.4) is 0 Å². The van der Waals surface area contributed by atoms with Crippen LogP contribution in [-0.4, -0.2) is 21.4 Å². The maximum absolute atomic E-state index is 12.7. The summed E-state index contributed by atoms with van der Waals surface area (Å²) in [4.78, 5) is 32.5. The van der Waals surface area contributed by atoms with Gasteiger partial charge in [0.05, 0.1) is 17.2 Å². The Balaban J connectivity index is 1.66. The molecule has 4 rings (SSSR count). The lowest BCUT2D eigenvalue weighted by atomic mass is 10.1. The molecule has 0 aliphatic carbocycles. The molecule has 25 heavy (non-hydrogen) atoms. The average molecular weight is 376 g/mol. The van der Waals surface area contributed by atoms with Crippen molar-refractivity contribution in [3.63, 3.8) is 0 Å². The van der Waals surface area contributed by atoms with Gasteiger partial charge in [0.1, 0.15) is 5.58 Å². The van der Waals surface area contributed by atoms with E-state index in [0.717, 1.165) is 12.2 Å². The van der Waals surface area contributed by atoms with Crippen LogP contribution in [0.4, 0.5) is 0 Å². The molecule has 1 aliphatic heterocycles. The third kappa shape index (κ3) is 3.06. The van der Waals surface area contributed by atoms with Gasteiger partial charge in [-0.05, 0) is 30.4 Å². The Morgan fingerprint density at radius 1 is 1.28 bits per heavy atom. The Bertz CT molecular complexity index is 1150. The number of halogens is 1. The molecular formula is C17H14ClN3O3S. The minimum Gasteiger partial charge on any atom is -0.464 e. The number of aromatic nitrogens is 2. The summed E-state index contributed by atoms with van der Waals surface area (Å²) < 4.78 is 5.89. The average Bonchev–Trinajstić information content (AvgIpc) is 2.58. The Morgan fingerprint density at radius 2 is 2.12 bits per heavy atom. The molecule has 1 aliphatic rings. The molecule has 3 aromatic rings. The highest BCUT2D eigenvalue weighted by Gasteiger charge is 2.21. The topological polar surface area (TPSA) is 82.1 Å². The predicted octanol–water partition coefficient (Wildman–Crippen LogP) is 2.75. The first-order valence-corrected chi connectivity index (χ1v) is 8.56. The van der Waals surface area contributed by atoms with Gasteiger partial charge in [-0.2, -0.15) is 0 Å². The number of benzene rings is 1. The zero-order valence-corrected chi connectivity index (χ0v) is 14.7. The number of nitrogens with zero attached hydrogens (tertiary/aromatic N) is 1. The number of fused-ring (bicyclic) bond motifs is 2. The van der Waals surface area contributed by atoms with Crippen LogP contribution in [0.15, 0.2) is 38.5 Å². The molecule has 2 N–H and O–H groups in total. The van der Waals surface area contributed by atoms with E-state index < -0.39 is 0 Å². The van der Waals surface area contributed by atoms with Crippen molar-refractivity contribution in [3.05, 3.63) is 71.7 Å². The van der Waals surface area contributed by atoms with Gasteiger partial charge >= 0.3 is 0 Å². The Hall–Kier alpha value is -2.22. The van der Waals surface area contributed by atoms with Crippen molar-refractivity contribution in [1.82, 2.24) is 14.9 Å². The van der Waals surface area contributed by atoms with Crippen molar-refractivity contribution in [3.8, 4) is 0 Å². The van der Waals surface area contributed by atoms with E-state index in [9.17, 15) is 9.59 Å². The molecule has 0 bridgehead atoms. The van der Waals surface area contributed by atoms with Gasteiger partial charge in [0, 0.05) is 42.3 Å². The van der Waals surface area contributed by atoms with Crippen molar-refractivity contribution in [2.75, 3.05) is 6.54 Å². The zero-order chi connectivity index (χ0) is 17.6. The van der Waals surface area contributed by atoms with Crippen LogP contribution in [-0.2, 0) is 19.5 Å². The monoisotopic (exact) mass is 375 g/mol. The fourth-order valence-electron chi connectivity index (χ4n) is 3.14. The molecule has 0 radical (unpaired) electrons. The second-order valence-corrected chi connectivity index (χ2v) is 6.90. The van der Waals surface area contributed by atoms with Crippen LogP contribution >= 0.6 is 23.8 Å². The molecule has 8 heteroatoms. The molecule has 0 spiro atoms. The normalized spacial score (nSPS) is 14.6. The molecular weight excluding hydrogens is 362 g/mol. The summed E-state index contributed by atoms with van der Waals surface area (Å²) in [6, 6.07) is 4.98. The van der Waals surface area contributed by atoms with Gasteiger partial charge in [0.2, 0.25) is 0 Å². The highest BCUT2D eigenvalue weighted by atomic mass is 35.5. The molecule has 3 heterocycles. The molecule has 0 amide bonds. The van der Waals surface area contributed by atoms with Crippen molar-refractivity contribution in [2.24, 2.45) is 0 Å².